The van der Waals surface area contributed by atoms with E-state index in [0.29, 0.717) is 18.7 Å². The van der Waals surface area contributed by atoms with Crippen LogP contribution in [0.4, 0.5) is 20.2 Å². The Morgan fingerprint density at radius 3 is 2.56 bits per heavy atom. The van der Waals surface area contributed by atoms with Crippen LogP contribution in [0.2, 0.25) is 0 Å². The summed E-state index contributed by atoms with van der Waals surface area (Å²) in [4.78, 5) is 25.6. The van der Waals surface area contributed by atoms with Crippen LogP contribution in [0.25, 0.3) is 0 Å². The minimum Gasteiger partial charge on any atom is -0.325 e. The lowest BCUT2D eigenvalue weighted by Gasteiger charge is -2.16. The molecular weight excluding hydrogens is 346 g/mol. The molecule has 0 saturated carbocycles. The summed E-state index contributed by atoms with van der Waals surface area (Å²) in [5, 5.41) is 2.71. The van der Waals surface area contributed by atoms with E-state index < -0.39 is 11.6 Å². The third kappa shape index (κ3) is 4.36. The minimum absolute atomic E-state index is 0.00884. The summed E-state index contributed by atoms with van der Waals surface area (Å²) in [5.74, 6) is -1.51. The molecular formula is C18H16F2N2O2S. The van der Waals surface area contributed by atoms with Crippen LogP contribution in [0.5, 0.6) is 0 Å². The van der Waals surface area contributed by atoms with E-state index in [1.165, 1.54) is 6.07 Å². The standard InChI is InChI=1S/C18H16F2N2O2S/c19-12-3-8-16(15(20)10-12)25-11-17(23)21-13-4-6-14(7-5-13)22-9-1-2-18(22)24/h3-8,10H,1-2,9,11H2,(H,21,23). The van der Waals surface area contributed by atoms with Crippen molar-refractivity contribution in [3.63, 3.8) is 0 Å². The predicted octanol–water partition coefficient (Wildman–Crippen LogP) is 3.82. The first-order valence-corrected chi connectivity index (χ1v) is 8.79. The van der Waals surface area contributed by atoms with Crippen molar-refractivity contribution in [3.05, 3.63) is 54.1 Å². The van der Waals surface area contributed by atoms with E-state index in [0.717, 1.165) is 36.0 Å². The minimum atomic E-state index is -0.683. The largest absolute Gasteiger partial charge is 0.325 e. The summed E-state index contributed by atoms with van der Waals surface area (Å²) in [7, 11) is 0. The first-order chi connectivity index (χ1) is 12.0. The van der Waals surface area contributed by atoms with Crippen molar-refractivity contribution >= 4 is 35.0 Å². The van der Waals surface area contributed by atoms with Crippen LogP contribution >= 0.6 is 11.8 Å². The van der Waals surface area contributed by atoms with Gasteiger partial charge in [0.05, 0.1) is 5.75 Å². The lowest BCUT2D eigenvalue weighted by atomic mass is 10.2. The maximum Gasteiger partial charge on any atom is 0.234 e. The zero-order valence-corrected chi connectivity index (χ0v) is 14.1. The number of nitrogens with zero attached hydrogens (tertiary/aromatic N) is 1. The molecule has 0 radical (unpaired) electrons. The summed E-state index contributed by atoms with van der Waals surface area (Å²) in [6.07, 6.45) is 1.42. The van der Waals surface area contributed by atoms with E-state index in [9.17, 15) is 18.4 Å². The van der Waals surface area contributed by atoms with Gasteiger partial charge in [0.2, 0.25) is 11.8 Å². The van der Waals surface area contributed by atoms with E-state index in [4.69, 9.17) is 0 Å². The van der Waals surface area contributed by atoms with E-state index in [-0.39, 0.29) is 22.5 Å². The quantitative estimate of drug-likeness (QED) is 0.823. The fraction of sp³-hybridized carbons (Fsp3) is 0.222. The number of anilines is 2. The van der Waals surface area contributed by atoms with Gasteiger partial charge in [0.1, 0.15) is 11.6 Å². The summed E-state index contributed by atoms with van der Waals surface area (Å²) >= 11 is 1.00. The Bertz CT molecular complexity index is 796. The monoisotopic (exact) mass is 362 g/mol. The maximum atomic E-state index is 13.5. The van der Waals surface area contributed by atoms with Crippen molar-refractivity contribution in [3.8, 4) is 0 Å². The molecule has 1 aliphatic rings. The number of thioether (sulfide) groups is 1. The number of amides is 2. The second-order valence-electron chi connectivity index (χ2n) is 5.61. The van der Waals surface area contributed by atoms with Crippen molar-refractivity contribution in [2.45, 2.75) is 17.7 Å². The van der Waals surface area contributed by atoms with E-state index in [2.05, 4.69) is 5.32 Å². The number of carbonyl (C=O) groups excluding carboxylic acids is 2. The van der Waals surface area contributed by atoms with Crippen molar-refractivity contribution in [2.75, 3.05) is 22.5 Å². The molecule has 25 heavy (non-hydrogen) atoms. The second-order valence-corrected chi connectivity index (χ2v) is 6.62. The highest BCUT2D eigenvalue weighted by atomic mass is 32.2. The number of halogens is 2. The van der Waals surface area contributed by atoms with E-state index in [1.54, 1.807) is 29.2 Å². The van der Waals surface area contributed by atoms with Gasteiger partial charge in [-0.1, -0.05) is 0 Å². The fourth-order valence-corrected chi connectivity index (χ4v) is 3.30. The molecule has 0 aliphatic carbocycles. The average molecular weight is 362 g/mol. The zero-order chi connectivity index (χ0) is 17.8. The molecule has 1 N–H and O–H groups in total. The molecule has 1 saturated heterocycles. The third-order valence-corrected chi connectivity index (χ3v) is 4.84. The van der Waals surface area contributed by atoms with Gasteiger partial charge in [0.15, 0.2) is 0 Å². The Hall–Kier alpha value is -2.41. The summed E-state index contributed by atoms with van der Waals surface area (Å²) in [5.41, 5.74) is 1.41. The molecule has 0 bridgehead atoms. The Labute approximate surface area is 148 Å². The highest BCUT2D eigenvalue weighted by Gasteiger charge is 2.21. The first-order valence-electron chi connectivity index (χ1n) is 7.81. The molecule has 0 atom stereocenters. The Morgan fingerprint density at radius 2 is 1.92 bits per heavy atom. The summed E-state index contributed by atoms with van der Waals surface area (Å²) in [6.45, 7) is 0.713. The van der Waals surface area contributed by atoms with Gasteiger partial charge in [-0.25, -0.2) is 8.78 Å². The summed E-state index contributed by atoms with van der Waals surface area (Å²) in [6, 6.07) is 10.3. The van der Waals surface area contributed by atoms with Crippen LogP contribution in [-0.4, -0.2) is 24.1 Å². The van der Waals surface area contributed by atoms with Crippen LogP contribution in [0.15, 0.2) is 47.4 Å². The lowest BCUT2D eigenvalue weighted by Crippen LogP contribution is -2.23. The van der Waals surface area contributed by atoms with Gasteiger partial charge in [-0.2, -0.15) is 0 Å². The van der Waals surface area contributed by atoms with Gasteiger partial charge < -0.3 is 10.2 Å². The predicted molar refractivity (Wildman–Crippen MR) is 93.7 cm³/mol. The van der Waals surface area contributed by atoms with Gasteiger partial charge in [-0.05, 0) is 42.8 Å². The molecule has 2 aromatic rings. The molecule has 0 spiro atoms. The topological polar surface area (TPSA) is 49.4 Å². The fourth-order valence-electron chi connectivity index (χ4n) is 2.58. The van der Waals surface area contributed by atoms with Crippen molar-refractivity contribution in [1.82, 2.24) is 0 Å². The van der Waals surface area contributed by atoms with Gasteiger partial charge in [0, 0.05) is 35.3 Å². The number of rotatable bonds is 5. The van der Waals surface area contributed by atoms with E-state index in [1.807, 2.05) is 0 Å². The van der Waals surface area contributed by atoms with Crippen molar-refractivity contribution in [1.29, 1.82) is 0 Å². The number of hydrogen-bond donors (Lipinski definition) is 1. The van der Waals surface area contributed by atoms with Crippen LogP contribution < -0.4 is 10.2 Å². The molecule has 0 unspecified atom stereocenters. The molecule has 1 fully saturated rings. The average Bonchev–Trinajstić information content (AvgIpc) is 3.01. The van der Waals surface area contributed by atoms with Crippen molar-refractivity contribution < 1.29 is 18.4 Å². The number of carbonyl (C=O) groups is 2. The number of benzene rings is 2. The maximum absolute atomic E-state index is 13.5. The van der Waals surface area contributed by atoms with Gasteiger partial charge >= 0.3 is 0 Å². The highest BCUT2D eigenvalue weighted by Crippen LogP contribution is 2.24. The number of hydrogen-bond acceptors (Lipinski definition) is 3. The van der Waals surface area contributed by atoms with Crippen LogP contribution in [0.1, 0.15) is 12.8 Å². The second kappa shape index (κ2) is 7.65. The Balaban J connectivity index is 1.55. The van der Waals surface area contributed by atoms with Crippen molar-refractivity contribution in [2.24, 2.45) is 0 Å². The van der Waals surface area contributed by atoms with Crippen LogP contribution in [0.3, 0.4) is 0 Å². The highest BCUT2D eigenvalue weighted by molar-refractivity contribution is 8.00. The van der Waals surface area contributed by atoms with Crippen LogP contribution in [0, 0.1) is 11.6 Å². The zero-order valence-electron chi connectivity index (χ0n) is 13.3. The lowest BCUT2D eigenvalue weighted by molar-refractivity contribution is -0.117. The molecule has 2 aromatic carbocycles. The molecule has 4 nitrogen and oxygen atoms in total. The van der Waals surface area contributed by atoms with Gasteiger partial charge in [-0.3, -0.25) is 9.59 Å². The Kier molecular flexibility index (Phi) is 5.33. The molecule has 0 aromatic heterocycles. The Morgan fingerprint density at radius 1 is 1.16 bits per heavy atom. The van der Waals surface area contributed by atoms with Gasteiger partial charge in [-0.15, -0.1) is 11.8 Å². The molecule has 1 aliphatic heterocycles. The molecule has 7 heteroatoms. The molecule has 130 valence electrons. The number of nitrogens with one attached hydrogen (secondary N) is 1. The summed E-state index contributed by atoms with van der Waals surface area (Å²) < 4.78 is 26.4. The molecule has 3 rings (SSSR count). The third-order valence-electron chi connectivity index (χ3n) is 3.79. The SMILES string of the molecule is O=C(CSc1ccc(F)cc1F)Nc1ccc(N2CCCC2=O)cc1. The first kappa shape index (κ1) is 17.4. The molecule has 1 heterocycles. The van der Waals surface area contributed by atoms with Gasteiger partial charge in [0.25, 0.3) is 0 Å². The smallest absolute Gasteiger partial charge is 0.234 e. The normalized spacial score (nSPS) is 14.0. The van der Waals surface area contributed by atoms with Crippen LogP contribution in [-0.2, 0) is 9.59 Å². The van der Waals surface area contributed by atoms with E-state index >= 15 is 0 Å². The molecule has 2 amide bonds.